The maximum absolute atomic E-state index is 12.4. The van der Waals surface area contributed by atoms with Gasteiger partial charge in [-0.2, -0.15) is 5.26 Å². The van der Waals surface area contributed by atoms with E-state index >= 15 is 0 Å². The van der Waals surface area contributed by atoms with E-state index in [1.807, 2.05) is 0 Å². The number of hydrogen-bond donors (Lipinski definition) is 1. The number of rotatable bonds is 5. The number of nitrogens with one attached hydrogen (secondary N) is 1. The van der Waals surface area contributed by atoms with Gasteiger partial charge in [-0.1, -0.05) is 25.3 Å². The van der Waals surface area contributed by atoms with E-state index in [9.17, 15) is 23.3 Å². The molecule has 0 saturated heterocycles. The van der Waals surface area contributed by atoms with Gasteiger partial charge in [0.05, 0.1) is 16.5 Å². The Morgan fingerprint density at radius 2 is 1.89 bits per heavy atom. The Kier molecular flexibility index (Phi) is 6.26. The van der Waals surface area contributed by atoms with Gasteiger partial charge in [0, 0.05) is 6.26 Å². The molecule has 0 radical (unpaired) electrons. The summed E-state index contributed by atoms with van der Waals surface area (Å²) in [5.41, 5.74) is -0.284. The number of aryl methyl sites for hydroxylation is 1. The number of benzene rings is 1. The van der Waals surface area contributed by atoms with Crippen LogP contribution in [0.5, 0.6) is 0 Å². The van der Waals surface area contributed by atoms with Gasteiger partial charge in [-0.25, -0.2) is 13.2 Å². The molecular weight excluding hydrogens is 368 g/mol. The molecule has 0 heterocycles. The molecule has 0 bridgehead atoms. The smallest absolute Gasteiger partial charge is 0.339 e. The average Bonchev–Trinajstić information content (AvgIpc) is 2.61. The summed E-state index contributed by atoms with van der Waals surface area (Å²) in [7, 11) is -3.47. The molecule has 2 rings (SSSR count). The van der Waals surface area contributed by atoms with Crippen molar-refractivity contribution in [1.82, 2.24) is 5.32 Å². The minimum atomic E-state index is -3.47. The van der Waals surface area contributed by atoms with E-state index in [2.05, 4.69) is 11.4 Å². The second-order valence-corrected chi connectivity index (χ2v) is 9.06. The molecule has 146 valence electrons. The van der Waals surface area contributed by atoms with Gasteiger partial charge in [-0.05, 0) is 44.4 Å². The van der Waals surface area contributed by atoms with E-state index < -0.39 is 33.4 Å². The lowest BCUT2D eigenvalue weighted by molar-refractivity contribution is -0.130. The summed E-state index contributed by atoms with van der Waals surface area (Å²) in [5.74, 6) is -1.32. The molecule has 1 N–H and O–H groups in total. The minimum absolute atomic E-state index is 0.00259. The predicted molar refractivity (Wildman–Crippen MR) is 98.7 cm³/mol. The molecule has 0 spiro atoms. The number of ether oxygens (including phenoxy) is 1. The molecule has 1 aromatic rings. The van der Waals surface area contributed by atoms with Crippen LogP contribution in [0.15, 0.2) is 23.1 Å². The average molecular weight is 392 g/mol. The van der Waals surface area contributed by atoms with Gasteiger partial charge in [0.1, 0.15) is 5.54 Å². The zero-order valence-electron chi connectivity index (χ0n) is 15.7. The lowest BCUT2D eigenvalue weighted by Crippen LogP contribution is -2.52. The Morgan fingerprint density at radius 1 is 1.26 bits per heavy atom. The lowest BCUT2D eigenvalue weighted by Gasteiger charge is -2.32. The third-order valence-corrected chi connectivity index (χ3v) is 5.90. The molecule has 1 atom stereocenters. The van der Waals surface area contributed by atoms with Crippen LogP contribution in [0.1, 0.15) is 54.9 Å². The number of amides is 1. The fourth-order valence-electron chi connectivity index (χ4n) is 3.09. The molecule has 0 aromatic heterocycles. The molecule has 1 saturated carbocycles. The van der Waals surface area contributed by atoms with Gasteiger partial charge >= 0.3 is 5.97 Å². The first-order valence-corrected chi connectivity index (χ1v) is 10.7. The lowest BCUT2D eigenvalue weighted by atomic mass is 9.83. The molecule has 7 nitrogen and oxygen atoms in total. The van der Waals surface area contributed by atoms with Gasteiger partial charge < -0.3 is 10.1 Å². The van der Waals surface area contributed by atoms with Gasteiger partial charge in [0.25, 0.3) is 5.91 Å². The summed E-state index contributed by atoms with van der Waals surface area (Å²) in [5, 5.41) is 12.2. The first kappa shape index (κ1) is 20.9. The summed E-state index contributed by atoms with van der Waals surface area (Å²) in [4.78, 5) is 24.9. The van der Waals surface area contributed by atoms with E-state index in [4.69, 9.17) is 4.74 Å². The fraction of sp³-hybridized carbons (Fsp3) is 0.526. The summed E-state index contributed by atoms with van der Waals surface area (Å²) >= 11 is 0. The van der Waals surface area contributed by atoms with E-state index in [1.54, 1.807) is 6.92 Å². The van der Waals surface area contributed by atoms with Crippen molar-refractivity contribution in [3.8, 4) is 6.07 Å². The van der Waals surface area contributed by atoms with Crippen molar-refractivity contribution in [1.29, 1.82) is 5.26 Å². The maximum atomic E-state index is 12.4. The van der Waals surface area contributed by atoms with Crippen molar-refractivity contribution >= 4 is 21.7 Å². The Hall–Kier alpha value is -2.40. The molecule has 1 aliphatic carbocycles. The third-order valence-electron chi connectivity index (χ3n) is 4.79. The highest BCUT2D eigenvalue weighted by atomic mass is 32.2. The van der Waals surface area contributed by atoms with Crippen LogP contribution >= 0.6 is 0 Å². The monoisotopic (exact) mass is 392 g/mol. The van der Waals surface area contributed by atoms with Crippen LogP contribution in [0.4, 0.5) is 0 Å². The van der Waals surface area contributed by atoms with Crippen molar-refractivity contribution in [2.24, 2.45) is 0 Å². The van der Waals surface area contributed by atoms with Gasteiger partial charge in [0.15, 0.2) is 15.9 Å². The Balaban J connectivity index is 2.11. The molecule has 0 aliphatic heterocycles. The highest BCUT2D eigenvalue weighted by Gasteiger charge is 2.35. The van der Waals surface area contributed by atoms with Crippen LogP contribution in [-0.4, -0.2) is 38.2 Å². The summed E-state index contributed by atoms with van der Waals surface area (Å²) in [6.07, 6.45) is 3.84. The highest BCUT2D eigenvalue weighted by molar-refractivity contribution is 7.90. The minimum Gasteiger partial charge on any atom is -0.449 e. The largest absolute Gasteiger partial charge is 0.449 e. The van der Waals surface area contributed by atoms with Crippen LogP contribution in [0.25, 0.3) is 0 Å². The normalized spacial score (nSPS) is 17.4. The van der Waals surface area contributed by atoms with Gasteiger partial charge in [0.2, 0.25) is 0 Å². The number of hydrogen-bond acceptors (Lipinski definition) is 6. The number of nitrogens with zero attached hydrogens (tertiary/aromatic N) is 1. The Labute approximate surface area is 159 Å². The molecular formula is C19H24N2O5S. The van der Waals surface area contributed by atoms with Crippen molar-refractivity contribution < 1.29 is 22.7 Å². The van der Waals surface area contributed by atoms with Crippen molar-refractivity contribution in [2.45, 2.75) is 62.5 Å². The molecule has 1 aromatic carbocycles. The SMILES string of the molecule is Cc1ccc(S(C)(=O)=O)cc1C(=O)O[C@H](C)C(=O)NC1(C#N)CCCCC1. The Bertz CT molecular complexity index is 880. The zero-order chi connectivity index (χ0) is 20.2. The quantitative estimate of drug-likeness (QED) is 0.769. The first-order chi connectivity index (χ1) is 12.6. The molecule has 8 heteroatoms. The molecule has 1 amide bonds. The van der Waals surface area contributed by atoms with Crippen LogP contribution < -0.4 is 5.32 Å². The standard InChI is InChI=1S/C19H24N2O5S/c1-13-7-8-15(27(3,24)25)11-16(13)18(23)26-14(2)17(22)21-19(12-20)9-5-4-6-10-19/h7-8,11,14H,4-6,9-10H2,1-3H3,(H,21,22)/t14-/m1/s1. The van der Waals surface area contributed by atoms with E-state index in [0.717, 1.165) is 25.5 Å². The first-order valence-electron chi connectivity index (χ1n) is 8.83. The van der Waals surface area contributed by atoms with Crippen molar-refractivity contribution in [3.63, 3.8) is 0 Å². The zero-order valence-corrected chi connectivity index (χ0v) is 16.6. The second kappa shape index (κ2) is 8.09. The topological polar surface area (TPSA) is 113 Å². The fourth-order valence-corrected chi connectivity index (χ4v) is 3.73. The number of nitriles is 1. The van der Waals surface area contributed by atoms with Crippen LogP contribution in [0, 0.1) is 18.3 Å². The number of carbonyl (C=O) groups excluding carboxylic acids is 2. The molecule has 27 heavy (non-hydrogen) atoms. The van der Waals surface area contributed by atoms with Gasteiger partial charge in [-0.3, -0.25) is 4.79 Å². The van der Waals surface area contributed by atoms with E-state index in [-0.39, 0.29) is 10.5 Å². The van der Waals surface area contributed by atoms with Crippen LogP contribution in [0.2, 0.25) is 0 Å². The van der Waals surface area contributed by atoms with Gasteiger partial charge in [-0.15, -0.1) is 0 Å². The van der Waals surface area contributed by atoms with Crippen molar-refractivity contribution in [2.75, 3.05) is 6.26 Å². The van der Waals surface area contributed by atoms with Crippen LogP contribution in [0.3, 0.4) is 0 Å². The number of carbonyl (C=O) groups is 2. The highest BCUT2D eigenvalue weighted by Crippen LogP contribution is 2.27. The number of sulfone groups is 1. The molecule has 1 fully saturated rings. The third kappa shape index (κ3) is 5.07. The van der Waals surface area contributed by atoms with E-state index in [1.165, 1.54) is 25.1 Å². The second-order valence-electron chi connectivity index (χ2n) is 7.04. The number of esters is 1. The summed E-state index contributed by atoms with van der Waals surface area (Å²) in [6, 6.07) is 6.36. The van der Waals surface area contributed by atoms with E-state index in [0.29, 0.717) is 18.4 Å². The Morgan fingerprint density at radius 3 is 2.44 bits per heavy atom. The van der Waals surface area contributed by atoms with Crippen LogP contribution in [-0.2, 0) is 19.4 Å². The predicted octanol–water partition coefficient (Wildman–Crippen LogP) is 2.29. The summed E-state index contributed by atoms with van der Waals surface area (Å²) < 4.78 is 28.6. The molecule has 1 aliphatic rings. The maximum Gasteiger partial charge on any atom is 0.339 e. The van der Waals surface area contributed by atoms with Crippen molar-refractivity contribution in [3.05, 3.63) is 29.3 Å². The molecule has 0 unspecified atom stereocenters. The summed E-state index contributed by atoms with van der Waals surface area (Å²) in [6.45, 7) is 3.08.